The lowest BCUT2D eigenvalue weighted by atomic mass is 10.0. The van der Waals surface area contributed by atoms with Gasteiger partial charge >= 0.3 is 5.97 Å². The number of piperidine rings is 1. The maximum absolute atomic E-state index is 12.3. The van der Waals surface area contributed by atoms with Crippen LogP contribution in [0.15, 0.2) is 0 Å². The summed E-state index contributed by atoms with van der Waals surface area (Å²) in [6, 6.07) is -0.866. The highest BCUT2D eigenvalue weighted by atomic mass is 32.2. The third-order valence-corrected chi connectivity index (χ3v) is 4.80. The van der Waals surface area contributed by atoms with E-state index in [9.17, 15) is 14.7 Å². The molecule has 0 spiro atoms. The number of hydrogen-bond donors (Lipinski definition) is 2. The summed E-state index contributed by atoms with van der Waals surface area (Å²) in [5.41, 5.74) is 0. The van der Waals surface area contributed by atoms with Crippen LogP contribution < -0.4 is 5.32 Å². The number of thioether (sulfide) groups is 1. The molecule has 0 aromatic rings. The van der Waals surface area contributed by atoms with E-state index in [-0.39, 0.29) is 17.3 Å². The second-order valence-corrected chi connectivity index (χ2v) is 5.77. The van der Waals surface area contributed by atoms with Crippen LogP contribution in [0.5, 0.6) is 0 Å². The molecular formula is C11H18N2O3S. The Balaban J connectivity index is 2.24. The summed E-state index contributed by atoms with van der Waals surface area (Å²) in [5.74, 6) is -0.0138. The Morgan fingerprint density at radius 2 is 2.24 bits per heavy atom. The van der Waals surface area contributed by atoms with Crippen molar-refractivity contribution in [2.75, 3.05) is 12.8 Å². The molecule has 2 aliphatic heterocycles. The lowest BCUT2D eigenvalue weighted by Gasteiger charge is -2.39. The van der Waals surface area contributed by atoms with Gasteiger partial charge in [0.05, 0.1) is 11.4 Å². The number of fused-ring (bicyclic) bond motifs is 1. The van der Waals surface area contributed by atoms with Gasteiger partial charge in [0.25, 0.3) is 0 Å². The normalized spacial score (nSPS) is 34.1. The van der Waals surface area contributed by atoms with Gasteiger partial charge in [-0.3, -0.25) is 4.79 Å². The minimum absolute atomic E-state index is 0.0467. The van der Waals surface area contributed by atoms with Crippen LogP contribution in [0.25, 0.3) is 0 Å². The minimum atomic E-state index is -0.875. The van der Waals surface area contributed by atoms with E-state index in [2.05, 4.69) is 5.32 Å². The van der Waals surface area contributed by atoms with Crippen molar-refractivity contribution in [2.45, 2.75) is 43.1 Å². The number of likely N-dealkylation sites (N-methyl/N-ethyl adjacent to an activating group) is 1. The number of rotatable bonds is 2. The molecule has 3 atom stereocenters. The van der Waals surface area contributed by atoms with Gasteiger partial charge in [0.15, 0.2) is 0 Å². The van der Waals surface area contributed by atoms with Gasteiger partial charge in [-0.2, -0.15) is 0 Å². The number of aliphatic carboxylic acids is 1. The monoisotopic (exact) mass is 258 g/mol. The number of hydrogen-bond acceptors (Lipinski definition) is 4. The number of carboxylic acid groups (broad SMARTS) is 1. The highest BCUT2D eigenvalue weighted by molar-refractivity contribution is 7.99. The van der Waals surface area contributed by atoms with Crippen LogP contribution in [0, 0.1) is 0 Å². The topological polar surface area (TPSA) is 69.6 Å². The number of carbonyl (C=O) groups is 2. The SMILES string of the molecule is CNC1CCSC2CCCC(C(=O)O)N2C1=O. The Bertz CT molecular complexity index is 324. The maximum Gasteiger partial charge on any atom is 0.326 e. The molecule has 0 aliphatic carbocycles. The molecule has 6 heteroatoms. The molecule has 3 unspecified atom stereocenters. The van der Waals surface area contributed by atoms with E-state index in [1.54, 1.807) is 23.7 Å². The highest BCUT2D eigenvalue weighted by Gasteiger charge is 2.42. The summed E-state index contributed by atoms with van der Waals surface area (Å²) in [5, 5.41) is 12.3. The van der Waals surface area contributed by atoms with E-state index in [4.69, 9.17) is 0 Å². The first kappa shape index (κ1) is 12.7. The number of nitrogens with zero attached hydrogens (tertiary/aromatic N) is 1. The maximum atomic E-state index is 12.3. The van der Waals surface area contributed by atoms with Gasteiger partial charge in [-0.15, -0.1) is 11.8 Å². The molecule has 17 heavy (non-hydrogen) atoms. The van der Waals surface area contributed by atoms with E-state index >= 15 is 0 Å². The quantitative estimate of drug-likeness (QED) is 0.755. The second kappa shape index (κ2) is 5.27. The Morgan fingerprint density at radius 3 is 2.88 bits per heavy atom. The Labute approximate surface area is 105 Å². The van der Waals surface area contributed by atoms with Crippen LogP contribution in [0.4, 0.5) is 0 Å². The van der Waals surface area contributed by atoms with Crippen molar-refractivity contribution in [1.29, 1.82) is 0 Å². The molecule has 96 valence electrons. The van der Waals surface area contributed by atoms with Crippen molar-refractivity contribution in [2.24, 2.45) is 0 Å². The van der Waals surface area contributed by atoms with Crippen LogP contribution >= 0.6 is 11.8 Å². The second-order valence-electron chi connectivity index (χ2n) is 4.49. The van der Waals surface area contributed by atoms with Gasteiger partial charge < -0.3 is 15.3 Å². The molecule has 2 N–H and O–H groups in total. The molecule has 2 heterocycles. The number of nitrogens with one attached hydrogen (secondary N) is 1. The van der Waals surface area contributed by atoms with Gasteiger partial charge in [0.2, 0.25) is 5.91 Å². The number of carbonyl (C=O) groups excluding carboxylic acids is 1. The Kier molecular flexibility index (Phi) is 3.93. The third kappa shape index (κ3) is 2.42. The molecule has 2 fully saturated rings. The van der Waals surface area contributed by atoms with Crippen molar-refractivity contribution in [3.8, 4) is 0 Å². The first-order valence-corrected chi connectivity index (χ1v) is 7.04. The van der Waals surface area contributed by atoms with Crippen LogP contribution in [-0.2, 0) is 9.59 Å². The molecule has 0 bridgehead atoms. The predicted molar refractivity (Wildman–Crippen MR) is 65.8 cm³/mol. The predicted octanol–water partition coefficient (Wildman–Crippen LogP) is 0.503. The molecular weight excluding hydrogens is 240 g/mol. The number of carboxylic acids is 1. The summed E-state index contributed by atoms with van der Waals surface area (Å²) in [6.07, 6.45) is 3.16. The lowest BCUT2D eigenvalue weighted by molar-refractivity contribution is -0.153. The smallest absolute Gasteiger partial charge is 0.326 e. The zero-order valence-electron chi connectivity index (χ0n) is 9.89. The van der Waals surface area contributed by atoms with E-state index < -0.39 is 12.0 Å². The van der Waals surface area contributed by atoms with Gasteiger partial charge in [-0.25, -0.2) is 4.79 Å². The van der Waals surface area contributed by atoms with E-state index in [1.807, 2.05) is 0 Å². The van der Waals surface area contributed by atoms with Crippen molar-refractivity contribution in [1.82, 2.24) is 10.2 Å². The molecule has 0 aromatic heterocycles. The van der Waals surface area contributed by atoms with Gasteiger partial charge in [-0.1, -0.05) is 0 Å². The average Bonchev–Trinajstić information content (AvgIpc) is 2.48. The molecule has 2 aliphatic rings. The zero-order chi connectivity index (χ0) is 12.4. The fourth-order valence-electron chi connectivity index (χ4n) is 2.56. The standard InChI is InChI=1S/C11H18N2O3S/c1-12-7-5-6-17-9-4-2-3-8(11(15)16)13(9)10(7)14/h7-9,12H,2-6H2,1H3,(H,15,16). The fourth-order valence-corrected chi connectivity index (χ4v) is 3.95. The van der Waals surface area contributed by atoms with Crippen molar-refractivity contribution < 1.29 is 14.7 Å². The average molecular weight is 258 g/mol. The van der Waals surface area contributed by atoms with Crippen molar-refractivity contribution in [3.05, 3.63) is 0 Å². The van der Waals surface area contributed by atoms with Gasteiger partial charge in [0, 0.05) is 0 Å². The van der Waals surface area contributed by atoms with Gasteiger partial charge in [-0.05, 0) is 38.5 Å². The molecule has 0 saturated carbocycles. The lowest BCUT2D eigenvalue weighted by Crippen LogP contribution is -2.56. The summed E-state index contributed by atoms with van der Waals surface area (Å²) in [4.78, 5) is 25.2. The van der Waals surface area contributed by atoms with E-state index in [1.165, 1.54) is 0 Å². The molecule has 5 nitrogen and oxygen atoms in total. The Morgan fingerprint density at radius 1 is 1.47 bits per heavy atom. The zero-order valence-corrected chi connectivity index (χ0v) is 10.7. The third-order valence-electron chi connectivity index (χ3n) is 3.48. The fraction of sp³-hybridized carbons (Fsp3) is 0.818. The molecule has 2 saturated heterocycles. The summed E-state index contributed by atoms with van der Waals surface area (Å²) >= 11 is 1.71. The first-order valence-electron chi connectivity index (χ1n) is 5.99. The Hall–Kier alpha value is -0.750. The van der Waals surface area contributed by atoms with E-state index in [0.717, 1.165) is 25.0 Å². The largest absolute Gasteiger partial charge is 0.480 e. The van der Waals surface area contributed by atoms with Crippen LogP contribution in [0.1, 0.15) is 25.7 Å². The highest BCUT2D eigenvalue weighted by Crippen LogP contribution is 2.34. The number of amides is 1. The van der Waals surface area contributed by atoms with Crippen molar-refractivity contribution in [3.63, 3.8) is 0 Å². The minimum Gasteiger partial charge on any atom is -0.480 e. The summed E-state index contributed by atoms with van der Waals surface area (Å²) in [6.45, 7) is 0. The molecule has 0 radical (unpaired) electrons. The van der Waals surface area contributed by atoms with Crippen LogP contribution in [0.3, 0.4) is 0 Å². The summed E-state index contributed by atoms with van der Waals surface area (Å²) < 4.78 is 0. The first-order chi connectivity index (χ1) is 8.15. The molecule has 0 aromatic carbocycles. The molecule has 1 amide bonds. The van der Waals surface area contributed by atoms with Crippen LogP contribution in [-0.4, -0.2) is 52.1 Å². The van der Waals surface area contributed by atoms with Crippen LogP contribution in [0.2, 0.25) is 0 Å². The van der Waals surface area contributed by atoms with Crippen molar-refractivity contribution >= 4 is 23.6 Å². The van der Waals surface area contributed by atoms with E-state index in [0.29, 0.717) is 6.42 Å². The summed E-state index contributed by atoms with van der Waals surface area (Å²) in [7, 11) is 1.76. The van der Waals surface area contributed by atoms with Gasteiger partial charge in [0.1, 0.15) is 6.04 Å². The molecule has 2 rings (SSSR count).